The van der Waals surface area contributed by atoms with Crippen LogP contribution >= 0.6 is 11.3 Å². The van der Waals surface area contributed by atoms with Gasteiger partial charge in [0.2, 0.25) is 0 Å². The summed E-state index contributed by atoms with van der Waals surface area (Å²) in [5, 5.41) is 3.43. The van der Waals surface area contributed by atoms with E-state index in [1.54, 1.807) is 11.3 Å². The predicted octanol–water partition coefficient (Wildman–Crippen LogP) is 4.03. The zero-order valence-corrected chi connectivity index (χ0v) is 14.8. The van der Waals surface area contributed by atoms with E-state index < -0.39 is 0 Å². The molecule has 0 bridgehead atoms. The van der Waals surface area contributed by atoms with Crippen LogP contribution in [0.2, 0.25) is 0 Å². The molecule has 120 valence electrons. The van der Waals surface area contributed by atoms with Gasteiger partial charge in [0.15, 0.2) is 0 Å². The highest BCUT2D eigenvalue weighted by atomic mass is 32.1. The molecule has 1 aromatic heterocycles. The summed E-state index contributed by atoms with van der Waals surface area (Å²) in [7, 11) is 0. The molecule has 0 spiro atoms. The van der Waals surface area contributed by atoms with Crippen molar-refractivity contribution in [2.45, 2.75) is 77.7 Å². The van der Waals surface area contributed by atoms with E-state index in [1.165, 1.54) is 42.8 Å². The summed E-state index contributed by atoms with van der Waals surface area (Å²) in [6.07, 6.45) is 7.66. The second-order valence-electron chi connectivity index (χ2n) is 7.55. The molecular formula is C17H31N3S. The zero-order chi connectivity index (χ0) is 15.5. The van der Waals surface area contributed by atoms with Gasteiger partial charge in [-0.05, 0) is 24.7 Å². The normalized spacial score (nSPS) is 25.0. The van der Waals surface area contributed by atoms with Crippen LogP contribution in [0.4, 0.5) is 0 Å². The minimum atomic E-state index is 0.137. The third kappa shape index (κ3) is 4.51. The summed E-state index contributed by atoms with van der Waals surface area (Å²) < 4.78 is 0. The van der Waals surface area contributed by atoms with E-state index in [-0.39, 0.29) is 5.41 Å². The molecule has 1 fully saturated rings. The minimum Gasteiger partial charge on any atom is -0.271 e. The van der Waals surface area contributed by atoms with Crippen LogP contribution < -0.4 is 11.3 Å². The molecule has 3 N–H and O–H groups in total. The first-order valence-corrected chi connectivity index (χ1v) is 9.23. The topological polar surface area (TPSA) is 50.9 Å². The van der Waals surface area contributed by atoms with E-state index in [1.807, 2.05) is 0 Å². The molecule has 21 heavy (non-hydrogen) atoms. The lowest BCUT2D eigenvalue weighted by atomic mass is 9.76. The fourth-order valence-corrected chi connectivity index (χ4v) is 4.45. The lowest BCUT2D eigenvalue weighted by Crippen LogP contribution is -2.44. The molecule has 0 aliphatic heterocycles. The first kappa shape index (κ1) is 16.9. The van der Waals surface area contributed by atoms with Crippen molar-refractivity contribution in [2.75, 3.05) is 0 Å². The molecule has 3 atom stereocenters. The Bertz CT molecular complexity index is 435. The van der Waals surface area contributed by atoms with Crippen molar-refractivity contribution >= 4 is 11.3 Å². The average molecular weight is 310 g/mol. The molecule has 2 rings (SSSR count). The Balaban J connectivity index is 2.00. The maximum absolute atomic E-state index is 5.86. The first-order valence-electron chi connectivity index (χ1n) is 8.35. The molecule has 1 saturated carbocycles. The van der Waals surface area contributed by atoms with Crippen LogP contribution in [0, 0.1) is 11.8 Å². The van der Waals surface area contributed by atoms with Gasteiger partial charge >= 0.3 is 0 Å². The third-order valence-corrected chi connectivity index (χ3v) is 5.77. The highest BCUT2D eigenvalue weighted by molar-refractivity contribution is 7.09. The number of thiazole rings is 1. The largest absolute Gasteiger partial charge is 0.271 e. The molecule has 0 radical (unpaired) electrons. The molecule has 4 heteroatoms. The van der Waals surface area contributed by atoms with E-state index in [4.69, 9.17) is 10.8 Å². The van der Waals surface area contributed by atoms with Crippen molar-refractivity contribution in [3.05, 3.63) is 16.1 Å². The van der Waals surface area contributed by atoms with Crippen LogP contribution in [0.3, 0.4) is 0 Å². The van der Waals surface area contributed by atoms with Crippen LogP contribution in [0.15, 0.2) is 5.38 Å². The molecule has 0 saturated heterocycles. The van der Waals surface area contributed by atoms with Crippen molar-refractivity contribution < 1.29 is 0 Å². The van der Waals surface area contributed by atoms with Crippen molar-refractivity contribution in [1.82, 2.24) is 10.4 Å². The Morgan fingerprint density at radius 3 is 2.76 bits per heavy atom. The highest BCUT2D eigenvalue weighted by Gasteiger charge is 2.28. The maximum atomic E-state index is 5.86. The highest BCUT2D eigenvalue weighted by Crippen LogP contribution is 2.34. The number of nitrogens with two attached hydrogens (primary N) is 1. The predicted molar refractivity (Wildman–Crippen MR) is 91.4 cm³/mol. The second-order valence-corrected chi connectivity index (χ2v) is 8.50. The first-order chi connectivity index (χ1) is 9.94. The molecule has 1 aliphatic carbocycles. The van der Waals surface area contributed by atoms with Gasteiger partial charge in [0.1, 0.15) is 0 Å². The molecule has 0 amide bonds. The van der Waals surface area contributed by atoms with Gasteiger partial charge in [0, 0.05) is 23.3 Å². The number of aromatic nitrogens is 1. The number of nitrogens with one attached hydrogen (secondary N) is 1. The lowest BCUT2D eigenvalue weighted by molar-refractivity contribution is 0.208. The van der Waals surface area contributed by atoms with Crippen molar-refractivity contribution in [3.63, 3.8) is 0 Å². The molecular weight excluding hydrogens is 278 g/mol. The SMILES string of the molecule is CCC1CCCC(C(Cc2nc(C(C)(C)C)cs2)NN)C1. The van der Waals surface area contributed by atoms with Crippen molar-refractivity contribution in [1.29, 1.82) is 0 Å². The standard InChI is InChI=1S/C17H31N3S/c1-5-12-7-6-8-13(9-12)14(20-18)10-16-19-15(11-21-16)17(2,3)4/h11-14,20H,5-10,18H2,1-4H3. The Labute approximate surface area is 133 Å². The Morgan fingerprint density at radius 2 is 2.19 bits per heavy atom. The van der Waals surface area contributed by atoms with E-state index in [9.17, 15) is 0 Å². The number of nitrogens with zero attached hydrogens (tertiary/aromatic N) is 1. The Morgan fingerprint density at radius 1 is 1.43 bits per heavy atom. The quantitative estimate of drug-likeness (QED) is 0.638. The third-order valence-electron chi connectivity index (χ3n) is 4.90. The van der Waals surface area contributed by atoms with Crippen LogP contribution in [0.25, 0.3) is 0 Å². The summed E-state index contributed by atoms with van der Waals surface area (Å²) in [6.45, 7) is 8.97. The van der Waals surface area contributed by atoms with Gasteiger partial charge in [0.25, 0.3) is 0 Å². The van der Waals surface area contributed by atoms with Crippen LogP contribution in [0.1, 0.15) is 70.5 Å². The van der Waals surface area contributed by atoms with E-state index in [0.29, 0.717) is 12.0 Å². The number of hydrazine groups is 1. The van der Waals surface area contributed by atoms with Gasteiger partial charge in [-0.2, -0.15) is 0 Å². The summed E-state index contributed by atoms with van der Waals surface area (Å²) in [4.78, 5) is 4.83. The number of rotatable bonds is 5. The monoisotopic (exact) mass is 309 g/mol. The molecule has 1 aromatic rings. The summed E-state index contributed by atoms with van der Waals surface area (Å²) in [6, 6.07) is 0.373. The van der Waals surface area contributed by atoms with Crippen LogP contribution in [0.5, 0.6) is 0 Å². The summed E-state index contributed by atoms with van der Waals surface area (Å²) in [5.74, 6) is 7.45. The van der Waals surface area contributed by atoms with E-state index >= 15 is 0 Å². The van der Waals surface area contributed by atoms with Gasteiger partial charge in [0.05, 0.1) is 10.7 Å². The Kier molecular flexibility index (Phi) is 5.81. The van der Waals surface area contributed by atoms with Crippen molar-refractivity contribution in [2.24, 2.45) is 17.7 Å². The van der Waals surface area contributed by atoms with Crippen LogP contribution in [-0.2, 0) is 11.8 Å². The van der Waals surface area contributed by atoms with Gasteiger partial charge < -0.3 is 0 Å². The van der Waals surface area contributed by atoms with E-state index in [2.05, 4.69) is 38.5 Å². The van der Waals surface area contributed by atoms with Crippen molar-refractivity contribution in [3.8, 4) is 0 Å². The summed E-state index contributed by atoms with van der Waals surface area (Å²) in [5.41, 5.74) is 4.42. The maximum Gasteiger partial charge on any atom is 0.0944 e. The second kappa shape index (κ2) is 7.21. The number of hydrogen-bond acceptors (Lipinski definition) is 4. The van der Waals surface area contributed by atoms with Gasteiger partial charge in [-0.1, -0.05) is 47.0 Å². The fraction of sp³-hybridized carbons (Fsp3) is 0.824. The molecule has 0 aromatic carbocycles. The number of hydrogen-bond donors (Lipinski definition) is 2. The molecule has 3 nitrogen and oxygen atoms in total. The lowest BCUT2D eigenvalue weighted by Gasteiger charge is -2.33. The fourth-order valence-electron chi connectivity index (χ4n) is 3.37. The molecule has 1 heterocycles. The Hall–Kier alpha value is -0.450. The molecule has 1 aliphatic rings. The van der Waals surface area contributed by atoms with Crippen LogP contribution in [-0.4, -0.2) is 11.0 Å². The van der Waals surface area contributed by atoms with Gasteiger partial charge in [-0.15, -0.1) is 11.3 Å². The minimum absolute atomic E-state index is 0.137. The zero-order valence-electron chi connectivity index (χ0n) is 14.0. The molecule has 3 unspecified atom stereocenters. The van der Waals surface area contributed by atoms with Gasteiger partial charge in [-0.3, -0.25) is 11.3 Å². The van der Waals surface area contributed by atoms with E-state index in [0.717, 1.165) is 12.3 Å². The van der Waals surface area contributed by atoms with Gasteiger partial charge in [-0.25, -0.2) is 4.98 Å². The smallest absolute Gasteiger partial charge is 0.0944 e. The average Bonchev–Trinajstić information content (AvgIpc) is 2.93. The summed E-state index contributed by atoms with van der Waals surface area (Å²) >= 11 is 1.78.